The van der Waals surface area contributed by atoms with Gasteiger partial charge in [0.1, 0.15) is 0 Å². The molecule has 0 aromatic carbocycles. The van der Waals surface area contributed by atoms with E-state index in [0.717, 1.165) is 5.69 Å². The predicted octanol–water partition coefficient (Wildman–Crippen LogP) is 2.15. The topological polar surface area (TPSA) is 48.5 Å². The molecular formula is C14H22F3N3O2. The predicted molar refractivity (Wildman–Crippen MR) is 75.2 cm³/mol. The first kappa shape index (κ1) is 18.5. The average molecular weight is 321 g/mol. The molecule has 0 fully saturated rings. The third-order valence-electron chi connectivity index (χ3n) is 3.19. The summed E-state index contributed by atoms with van der Waals surface area (Å²) in [6, 6.07) is 1.52. The molecule has 0 N–H and O–H groups in total. The smallest absolute Gasteiger partial charge is 0.385 e. The highest BCUT2D eigenvalue weighted by atomic mass is 19.4. The standard InChI is InChI=1S/C14H22F3N3O2/c1-13(2,3)10-9-11(18-12(21)14(15,16)17)20(19(10)4)7-6-8-22-5/h9H,6-8H2,1-5H3. The summed E-state index contributed by atoms with van der Waals surface area (Å²) in [7, 11) is 3.29. The van der Waals surface area contributed by atoms with Crippen molar-refractivity contribution < 1.29 is 22.7 Å². The largest absolute Gasteiger partial charge is 0.473 e. The van der Waals surface area contributed by atoms with Crippen LogP contribution in [0.25, 0.3) is 0 Å². The summed E-state index contributed by atoms with van der Waals surface area (Å²) in [6.45, 7) is 6.70. The number of hydrogen-bond donors (Lipinski definition) is 0. The summed E-state index contributed by atoms with van der Waals surface area (Å²) in [6.07, 6.45) is -4.37. The maximum Gasteiger partial charge on any atom is 0.473 e. The first-order valence-corrected chi connectivity index (χ1v) is 6.90. The number of aromatic nitrogens is 2. The van der Waals surface area contributed by atoms with E-state index in [9.17, 15) is 18.0 Å². The number of ether oxygens (including phenoxy) is 1. The third kappa shape index (κ3) is 4.46. The van der Waals surface area contributed by atoms with Gasteiger partial charge in [-0.05, 0) is 6.42 Å². The van der Waals surface area contributed by atoms with E-state index in [1.165, 1.54) is 6.07 Å². The van der Waals surface area contributed by atoms with Gasteiger partial charge in [0.15, 0.2) is 5.49 Å². The molecule has 0 saturated heterocycles. The van der Waals surface area contributed by atoms with Crippen molar-refractivity contribution in [3.8, 4) is 0 Å². The number of carbonyl (C=O) groups excluding carboxylic acids is 1. The van der Waals surface area contributed by atoms with Crippen LogP contribution in [0.2, 0.25) is 0 Å². The van der Waals surface area contributed by atoms with E-state index in [-0.39, 0.29) is 10.9 Å². The number of hydrogen-bond acceptors (Lipinski definition) is 2. The maximum atomic E-state index is 12.4. The quantitative estimate of drug-likeness (QED) is 0.798. The summed E-state index contributed by atoms with van der Waals surface area (Å²) in [4.78, 5) is 14.4. The second-order valence-corrected chi connectivity index (χ2v) is 6.05. The van der Waals surface area contributed by atoms with Crippen LogP contribution in [0.3, 0.4) is 0 Å². The highest BCUT2D eigenvalue weighted by molar-refractivity contribution is 5.82. The molecule has 1 rings (SSSR count). The Morgan fingerprint density at radius 3 is 2.36 bits per heavy atom. The summed E-state index contributed by atoms with van der Waals surface area (Å²) in [5.41, 5.74) is 0.511. The molecule has 1 aromatic rings. The van der Waals surface area contributed by atoms with Crippen LogP contribution in [0.4, 0.5) is 13.2 Å². The molecule has 0 bridgehead atoms. The van der Waals surface area contributed by atoms with Gasteiger partial charge in [0.2, 0.25) is 0 Å². The Balaban J connectivity index is 3.35. The Bertz CT molecular complexity index is 592. The van der Waals surface area contributed by atoms with Gasteiger partial charge in [-0.15, -0.1) is 0 Å². The van der Waals surface area contributed by atoms with E-state index in [1.54, 1.807) is 23.5 Å². The van der Waals surface area contributed by atoms with Gasteiger partial charge in [-0.25, -0.2) is 0 Å². The second-order valence-electron chi connectivity index (χ2n) is 6.05. The Morgan fingerprint density at radius 2 is 1.91 bits per heavy atom. The van der Waals surface area contributed by atoms with Gasteiger partial charge in [-0.1, -0.05) is 20.8 Å². The number of methoxy groups -OCH3 is 1. The first-order valence-electron chi connectivity index (χ1n) is 6.90. The highest BCUT2D eigenvalue weighted by Crippen LogP contribution is 2.21. The van der Waals surface area contributed by atoms with E-state index in [1.807, 2.05) is 20.8 Å². The molecule has 22 heavy (non-hydrogen) atoms. The van der Waals surface area contributed by atoms with Gasteiger partial charge >= 0.3 is 12.1 Å². The Labute approximate surface area is 127 Å². The lowest BCUT2D eigenvalue weighted by molar-refractivity contribution is -0.169. The lowest BCUT2D eigenvalue weighted by atomic mass is 9.92. The molecule has 126 valence electrons. The van der Waals surface area contributed by atoms with Crippen molar-refractivity contribution in [1.29, 1.82) is 0 Å². The molecule has 0 spiro atoms. The van der Waals surface area contributed by atoms with Crippen molar-refractivity contribution in [3.63, 3.8) is 0 Å². The lowest BCUT2D eigenvalue weighted by Crippen LogP contribution is -2.29. The summed E-state index contributed by atoms with van der Waals surface area (Å²) < 4.78 is 45.6. The molecule has 0 aliphatic heterocycles. The second kappa shape index (κ2) is 6.68. The van der Waals surface area contributed by atoms with Crippen LogP contribution in [0.1, 0.15) is 32.9 Å². The molecule has 0 unspecified atom stereocenters. The van der Waals surface area contributed by atoms with Crippen molar-refractivity contribution in [3.05, 3.63) is 17.2 Å². The van der Waals surface area contributed by atoms with Crippen molar-refractivity contribution in [2.75, 3.05) is 13.7 Å². The minimum atomic E-state index is -4.97. The van der Waals surface area contributed by atoms with E-state index in [0.29, 0.717) is 19.6 Å². The molecule has 1 amide bonds. The SMILES string of the molecule is COCCCn1c(=NC(=O)C(F)(F)F)cc(C(C)(C)C)n1C. The third-order valence-corrected chi connectivity index (χ3v) is 3.19. The monoisotopic (exact) mass is 321 g/mol. The van der Waals surface area contributed by atoms with Crippen LogP contribution in [-0.2, 0) is 28.5 Å². The maximum absolute atomic E-state index is 12.4. The van der Waals surface area contributed by atoms with Gasteiger partial charge in [0.05, 0.1) is 0 Å². The number of alkyl halides is 3. The van der Waals surface area contributed by atoms with Crippen molar-refractivity contribution >= 4 is 5.91 Å². The summed E-state index contributed by atoms with van der Waals surface area (Å²) in [5, 5.41) is 0. The fourth-order valence-corrected chi connectivity index (χ4v) is 2.16. The van der Waals surface area contributed by atoms with Gasteiger partial charge in [0.25, 0.3) is 0 Å². The van der Waals surface area contributed by atoms with E-state index < -0.39 is 12.1 Å². The molecule has 0 aliphatic rings. The van der Waals surface area contributed by atoms with Crippen molar-refractivity contribution in [1.82, 2.24) is 9.36 Å². The van der Waals surface area contributed by atoms with Gasteiger partial charge in [-0.3, -0.25) is 14.2 Å². The number of rotatable bonds is 4. The summed E-state index contributed by atoms with van der Waals surface area (Å²) in [5.74, 6) is -2.10. The molecular weight excluding hydrogens is 299 g/mol. The average Bonchev–Trinajstić information content (AvgIpc) is 2.66. The molecule has 0 radical (unpaired) electrons. The summed E-state index contributed by atoms with van der Waals surface area (Å²) >= 11 is 0. The molecule has 0 aliphatic carbocycles. The van der Waals surface area contributed by atoms with E-state index in [2.05, 4.69) is 4.99 Å². The highest BCUT2D eigenvalue weighted by Gasteiger charge is 2.38. The molecule has 0 saturated carbocycles. The Kier molecular flexibility index (Phi) is 5.61. The molecule has 0 atom stereocenters. The van der Waals surface area contributed by atoms with E-state index in [4.69, 9.17) is 4.74 Å². The van der Waals surface area contributed by atoms with E-state index >= 15 is 0 Å². The van der Waals surface area contributed by atoms with Crippen molar-refractivity contribution in [2.24, 2.45) is 12.0 Å². The normalized spacial score (nSPS) is 13.7. The Morgan fingerprint density at radius 1 is 1.32 bits per heavy atom. The molecule has 1 aromatic heterocycles. The zero-order valence-electron chi connectivity index (χ0n) is 13.5. The van der Waals surface area contributed by atoms with Gasteiger partial charge < -0.3 is 4.74 Å². The van der Waals surface area contributed by atoms with Crippen LogP contribution >= 0.6 is 0 Å². The Hall–Kier alpha value is -1.57. The fraction of sp³-hybridized carbons (Fsp3) is 0.714. The van der Waals surface area contributed by atoms with Crippen LogP contribution in [-0.4, -0.2) is 35.2 Å². The molecule has 8 heteroatoms. The molecule has 1 heterocycles. The fourth-order valence-electron chi connectivity index (χ4n) is 2.16. The number of amides is 1. The number of halogens is 3. The molecule has 5 nitrogen and oxygen atoms in total. The minimum absolute atomic E-state index is 0.00542. The zero-order valence-corrected chi connectivity index (χ0v) is 13.5. The van der Waals surface area contributed by atoms with Crippen LogP contribution < -0.4 is 5.49 Å². The van der Waals surface area contributed by atoms with Crippen molar-refractivity contribution in [2.45, 2.75) is 45.3 Å². The number of carbonyl (C=O) groups is 1. The minimum Gasteiger partial charge on any atom is -0.385 e. The zero-order chi connectivity index (χ0) is 17.1. The van der Waals surface area contributed by atoms with Gasteiger partial charge in [-0.2, -0.15) is 18.2 Å². The van der Waals surface area contributed by atoms with Crippen LogP contribution in [0, 0.1) is 0 Å². The number of nitrogens with zero attached hydrogens (tertiary/aromatic N) is 3. The first-order chi connectivity index (χ1) is 9.98. The van der Waals surface area contributed by atoms with Crippen LogP contribution in [0.15, 0.2) is 11.1 Å². The lowest BCUT2D eigenvalue weighted by Gasteiger charge is -2.20. The van der Waals surface area contributed by atoms with Gasteiger partial charge in [0, 0.05) is 44.5 Å². The van der Waals surface area contributed by atoms with Crippen LogP contribution in [0.5, 0.6) is 0 Å².